The van der Waals surface area contributed by atoms with Gasteiger partial charge >= 0.3 is 5.97 Å². The van der Waals surface area contributed by atoms with Crippen molar-refractivity contribution in [3.8, 4) is 0 Å². The molecular formula is C10H18O2. The molecule has 1 N–H and O–H groups in total. The molecule has 0 aliphatic carbocycles. The van der Waals surface area contributed by atoms with E-state index in [1.54, 1.807) is 6.08 Å². The van der Waals surface area contributed by atoms with E-state index in [4.69, 9.17) is 5.11 Å². The second-order valence-corrected chi connectivity index (χ2v) is 4.08. The van der Waals surface area contributed by atoms with Crippen LogP contribution in [0.4, 0.5) is 0 Å². The molecule has 70 valence electrons. The summed E-state index contributed by atoms with van der Waals surface area (Å²) in [6.07, 6.45) is 4.39. The second kappa shape index (κ2) is 4.29. The van der Waals surface area contributed by atoms with Crippen molar-refractivity contribution in [2.75, 3.05) is 0 Å². The monoisotopic (exact) mass is 170 g/mol. The molecule has 0 radical (unpaired) electrons. The summed E-state index contributed by atoms with van der Waals surface area (Å²) in [5, 5.41) is 8.72. The molecule has 1 atom stereocenters. The molecule has 2 heteroatoms. The Morgan fingerprint density at radius 1 is 1.50 bits per heavy atom. The maximum Gasteiger partial charge on any atom is 0.310 e. The van der Waals surface area contributed by atoms with Gasteiger partial charge in [0.2, 0.25) is 0 Å². The quantitative estimate of drug-likeness (QED) is 0.661. The number of carboxylic acid groups (broad SMARTS) is 1. The molecule has 0 aromatic carbocycles. The van der Waals surface area contributed by atoms with Crippen LogP contribution >= 0.6 is 0 Å². The van der Waals surface area contributed by atoms with Crippen molar-refractivity contribution in [1.82, 2.24) is 0 Å². The lowest BCUT2D eigenvalue weighted by Gasteiger charge is -2.12. The van der Waals surface area contributed by atoms with Gasteiger partial charge in [-0.2, -0.15) is 0 Å². The fraction of sp³-hybridized carbons (Fsp3) is 0.700. The molecule has 0 rings (SSSR count). The SMILES string of the molecule is CCC(/C=C/C(C)(C)C)C(=O)O. The minimum absolute atomic E-state index is 0.0723. The molecule has 12 heavy (non-hydrogen) atoms. The minimum Gasteiger partial charge on any atom is -0.481 e. The van der Waals surface area contributed by atoms with Gasteiger partial charge in [-0.05, 0) is 11.8 Å². The summed E-state index contributed by atoms with van der Waals surface area (Å²) >= 11 is 0. The van der Waals surface area contributed by atoms with Gasteiger partial charge in [0.1, 0.15) is 0 Å². The summed E-state index contributed by atoms with van der Waals surface area (Å²) in [6, 6.07) is 0. The summed E-state index contributed by atoms with van der Waals surface area (Å²) in [7, 11) is 0. The molecule has 2 nitrogen and oxygen atoms in total. The Labute approximate surface area is 74.3 Å². The average Bonchev–Trinajstić information content (AvgIpc) is 1.85. The van der Waals surface area contributed by atoms with E-state index in [2.05, 4.69) is 20.8 Å². The molecule has 0 bridgehead atoms. The summed E-state index contributed by atoms with van der Waals surface area (Å²) in [4.78, 5) is 10.6. The van der Waals surface area contributed by atoms with Gasteiger partial charge in [0.05, 0.1) is 5.92 Å². The highest BCUT2D eigenvalue weighted by Crippen LogP contribution is 2.17. The molecule has 0 heterocycles. The maximum atomic E-state index is 10.6. The predicted octanol–water partition coefficient (Wildman–Crippen LogP) is 2.70. The zero-order valence-corrected chi connectivity index (χ0v) is 8.29. The van der Waals surface area contributed by atoms with Crippen LogP contribution in [0, 0.1) is 11.3 Å². The first kappa shape index (κ1) is 11.2. The lowest BCUT2D eigenvalue weighted by molar-refractivity contribution is -0.140. The van der Waals surface area contributed by atoms with Crippen molar-refractivity contribution in [2.45, 2.75) is 34.1 Å². The highest BCUT2D eigenvalue weighted by molar-refractivity contribution is 5.71. The fourth-order valence-corrected chi connectivity index (χ4v) is 0.798. The standard InChI is InChI=1S/C10H18O2/c1-5-8(9(11)12)6-7-10(2,3)4/h6-8H,5H2,1-4H3,(H,11,12)/b7-6+. The van der Waals surface area contributed by atoms with Crippen molar-refractivity contribution < 1.29 is 9.90 Å². The molecule has 0 spiro atoms. The fourth-order valence-electron chi connectivity index (χ4n) is 0.798. The Balaban J connectivity index is 4.21. The Hall–Kier alpha value is -0.790. The molecule has 0 aliphatic heterocycles. The maximum absolute atomic E-state index is 10.6. The molecule has 0 aromatic heterocycles. The van der Waals surface area contributed by atoms with E-state index in [0.717, 1.165) is 0 Å². The highest BCUT2D eigenvalue weighted by Gasteiger charge is 2.12. The van der Waals surface area contributed by atoms with Crippen molar-refractivity contribution in [2.24, 2.45) is 11.3 Å². The number of allylic oxidation sites excluding steroid dienone is 1. The number of carboxylic acids is 1. The van der Waals surface area contributed by atoms with Crippen LogP contribution < -0.4 is 0 Å². The van der Waals surface area contributed by atoms with Crippen LogP contribution in [0.25, 0.3) is 0 Å². The van der Waals surface area contributed by atoms with Crippen LogP contribution in [0.3, 0.4) is 0 Å². The number of hydrogen-bond acceptors (Lipinski definition) is 1. The predicted molar refractivity (Wildman–Crippen MR) is 50.0 cm³/mol. The van der Waals surface area contributed by atoms with Crippen molar-refractivity contribution in [1.29, 1.82) is 0 Å². The molecular weight excluding hydrogens is 152 g/mol. The molecule has 0 saturated carbocycles. The van der Waals surface area contributed by atoms with Crippen LogP contribution in [-0.4, -0.2) is 11.1 Å². The van der Waals surface area contributed by atoms with E-state index in [0.29, 0.717) is 6.42 Å². The summed E-state index contributed by atoms with van der Waals surface area (Å²) in [5.41, 5.74) is 0.0723. The summed E-state index contributed by atoms with van der Waals surface area (Å²) in [6.45, 7) is 8.04. The first-order chi connectivity index (χ1) is 5.37. The molecule has 0 aromatic rings. The van der Waals surface area contributed by atoms with Gasteiger partial charge in [-0.3, -0.25) is 4.79 Å². The third-order valence-electron chi connectivity index (χ3n) is 1.59. The smallest absolute Gasteiger partial charge is 0.310 e. The number of aliphatic carboxylic acids is 1. The van der Waals surface area contributed by atoms with Gasteiger partial charge in [-0.1, -0.05) is 39.8 Å². The van der Waals surface area contributed by atoms with Crippen LogP contribution in [0.5, 0.6) is 0 Å². The second-order valence-electron chi connectivity index (χ2n) is 4.08. The Bertz CT molecular complexity index is 175. The van der Waals surface area contributed by atoms with Crippen LogP contribution in [0.15, 0.2) is 12.2 Å². The topological polar surface area (TPSA) is 37.3 Å². The van der Waals surface area contributed by atoms with E-state index in [9.17, 15) is 4.79 Å². The van der Waals surface area contributed by atoms with Gasteiger partial charge < -0.3 is 5.11 Å². The Morgan fingerprint density at radius 3 is 2.25 bits per heavy atom. The molecule has 0 fully saturated rings. The number of carbonyl (C=O) groups is 1. The van der Waals surface area contributed by atoms with E-state index >= 15 is 0 Å². The minimum atomic E-state index is -0.738. The van der Waals surface area contributed by atoms with E-state index < -0.39 is 5.97 Å². The van der Waals surface area contributed by atoms with Crippen LogP contribution in [0.1, 0.15) is 34.1 Å². The van der Waals surface area contributed by atoms with E-state index in [1.165, 1.54) is 0 Å². The van der Waals surface area contributed by atoms with E-state index in [-0.39, 0.29) is 11.3 Å². The molecule has 0 amide bonds. The first-order valence-corrected chi connectivity index (χ1v) is 4.29. The van der Waals surface area contributed by atoms with Crippen LogP contribution in [-0.2, 0) is 4.79 Å². The van der Waals surface area contributed by atoms with Gasteiger partial charge in [0.15, 0.2) is 0 Å². The lowest BCUT2D eigenvalue weighted by atomic mass is 9.93. The summed E-state index contributed by atoms with van der Waals surface area (Å²) < 4.78 is 0. The normalized spacial score (nSPS) is 15.0. The van der Waals surface area contributed by atoms with Crippen LogP contribution in [0.2, 0.25) is 0 Å². The highest BCUT2D eigenvalue weighted by atomic mass is 16.4. The number of rotatable bonds is 3. The first-order valence-electron chi connectivity index (χ1n) is 4.29. The van der Waals surface area contributed by atoms with Crippen molar-refractivity contribution in [3.63, 3.8) is 0 Å². The average molecular weight is 170 g/mol. The summed E-state index contributed by atoms with van der Waals surface area (Å²) in [5.74, 6) is -1.07. The zero-order valence-electron chi connectivity index (χ0n) is 8.29. The van der Waals surface area contributed by atoms with Gasteiger partial charge in [0, 0.05) is 0 Å². The Morgan fingerprint density at radius 2 is 2.00 bits per heavy atom. The third kappa shape index (κ3) is 4.94. The molecule has 1 unspecified atom stereocenters. The van der Waals surface area contributed by atoms with E-state index in [1.807, 2.05) is 13.0 Å². The van der Waals surface area contributed by atoms with Crippen molar-refractivity contribution >= 4 is 5.97 Å². The number of hydrogen-bond donors (Lipinski definition) is 1. The zero-order chi connectivity index (χ0) is 9.78. The Kier molecular flexibility index (Phi) is 4.01. The molecule has 0 aliphatic rings. The third-order valence-corrected chi connectivity index (χ3v) is 1.59. The van der Waals surface area contributed by atoms with Gasteiger partial charge in [-0.15, -0.1) is 0 Å². The van der Waals surface area contributed by atoms with Gasteiger partial charge in [0.25, 0.3) is 0 Å². The van der Waals surface area contributed by atoms with Gasteiger partial charge in [-0.25, -0.2) is 0 Å². The molecule has 0 saturated heterocycles. The lowest BCUT2D eigenvalue weighted by Crippen LogP contribution is -2.10. The van der Waals surface area contributed by atoms with Crippen molar-refractivity contribution in [3.05, 3.63) is 12.2 Å². The largest absolute Gasteiger partial charge is 0.481 e.